The summed E-state index contributed by atoms with van der Waals surface area (Å²) >= 11 is 0. The number of aliphatic hydroxyl groups excluding tert-OH is 1. The molecule has 0 spiro atoms. The first-order chi connectivity index (χ1) is 6.65. The Morgan fingerprint density at radius 3 is 2.71 bits per heavy atom. The zero-order valence-corrected chi connectivity index (χ0v) is 8.10. The Balaban J connectivity index is 2.87. The van der Waals surface area contributed by atoms with Crippen molar-refractivity contribution in [3.8, 4) is 0 Å². The molecule has 76 valence electrons. The third-order valence-electron chi connectivity index (χ3n) is 1.97. The highest BCUT2D eigenvalue weighted by molar-refractivity contribution is 5.79. The summed E-state index contributed by atoms with van der Waals surface area (Å²) < 4.78 is 0. The highest BCUT2D eigenvalue weighted by Crippen LogP contribution is 2.18. The number of aliphatic hydroxyl groups is 1. The van der Waals surface area contributed by atoms with E-state index in [0.29, 0.717) is 0 Å². The molecule has 0 aliphatic rings. The summed E-state index contributed by atoms with van der Waals surface area (Å²) in [6.07, 6.45) is 0. The molecule has 0 aliphatic carbocycles. The van der Waals surface area contributed by atoms with Gasteiger partial charge in [0.05, 0.1) is 13.2 Å². The molecule has 0 fully saturated rings. The van der Waals surface area contributed by atoms with E-state index in [4.69, 9.17) is 10.8 Å². The van der Waals surface area contributed by atoms with Crippen LogP contribution in [0.15, 0.2) is 24.3 Å². The van der Waals surface area contributed by atoms with Crippen molar-refractivity contribution in [2.45, 2.75) is 6.61 Å². The molecule has 1 amide bonds. The van der Waals surface area contributed by atoms with Gasteiger partial charge in [0.25, 0.3) is 0 Å². The summed E-state index contributed by atoms with van der Waals surface area (Å²) in [5.41, 5.74) is 6.69. The second-order valence-corrected chi connectivity index (χ2v) is 3.11. The number of rotatable bonds is 4. The van der Waals surface area contributed by atoms with E-state index in [9.17, 15) is 4.79 Å². The third-order valence-corrected chi connectivity index (χ3v) is 1.97. The van der Waals surface area contributed by atoms with Crippen LogP contribution < -0.4 is 10.6 Å². The molecular weight excluding hydrogens is 180 g/mol. The van der Waals surface area contributed by atoms with Gasteiger partial charge in [-0.15, -0.1) is 0 Å². The SMILES string of the molecule is CN(CC(N)=O)c1ccccc1CO. The van der Waals surface area contributed by atoms with Crippen LogP contribution in [-0.2, 0) is 11.4 Å². The van der Waals surface area contributed by atoms with Crippen molar-refractivity contribution in [1.82, 2.24) is 0 Å². The highest BCUT2D eigenvalue weighted by atomic mass is 16.3. The quantitative estimate of drug-likeness (QED) is 0.714. The standard InChI is InChI=1S/C10H14N2O2/c1-12(6-10(11)14)9-5-3-2-4-8(9)7-13/h2-5,13H,6-7H2,1H3,(H2,11,14). The fourth-order valence-corrected chi connectivity index (χ4v) is 1.34. The van der Waals surface area contributed by atoms with Gasteiger partial charge in [-0.2, -0.15) is 0 Å². The van der Waals surface area contributed by atoms with Crippen molar-refractivity contribution in [3.63, 3.8) is 0 Å². The van der Waals surface area contributed by atoms with Crippen LogP contribution in [0.3, 0.4) is 0 Å². The zero-order valence-electron chi connectivity index (χ0n) is 8.10. The van der Waals surface area contributed by atoms with Gasteiger partial charge in [0, 0.05) is 18.3 Å². The number of nitrogens with two attached hydrogens (primary N) is 1. The number of benzene rings is 1. The zero-order chi connectivity index (χ0) is 10.6. The molecule has 0 radical (unpaired) electrons. The van der Waals surface area contributed by atoms with Crippen LogP contribution in [0, 0.1) is 0 Å². The Kier molecular flexibility index (Phi) is 3.48. The number of hydrogen-bond acceptors (Lipinski definition) is 3. The summed E-state index contributed by atoms with van der Waals surface area (Å²) in [5.74, 6) is -0.389. The fraction of sp³-hybridized carbons (Fsp3) is 0.300. The number of primary amides is 1. The highest BCUT2D eigenvalue weighted by Gasteiger charge is 2.07. The van der Waals surface area contributed by atoms with Gasteiger partial charge >= 0.3 is 0 Å². The lowest BCUT2D eigenvalue weighted by Gasteiger charge is -2.19. The van der Waals surface area contributed by atoms with Gasteiger partial charge in [0.2, 0.25) is 5.91 Å². The maximum atomic E-state index is 10.7. The van der Waals surface area contributed by atoms with Crippen molar-refractivity contribution in [2.24, 2.45) is 5.73 Å². The predicted molar refractivity (Wildman–Crippen MR) is 54.8 cm³/mol. The number of anilines is 1. The average molecular weight is 194 g/mol. The molecule has 3 N–H and O–H groups in total. The normalized spacial score (nSPS) is 9.86. The van der Waals surface area contributed by atoms with Gasteiger partial charge in [-0.25, -0.2) is 0 Å². The Morgan fingerprint density at radius 2 is 2.14 bits per heavy atom. The van der Waals surface area contributed by atoms with Crippen LogP contribution in [0.5, 0.6) is 0 Å². The summed E-state index contributed by atoms with van der Waals surface area (Å²) in [6.45, 7) is 0.107. The first kappa shape index (κ1) is 10.5. The lowest BCUT2D eigenvalue weighted by atomic mass is 10.2. The van der Waals surface area contributed by atoms with E-state index >= 15 is 0 Å². The number of hydrogen-bond donors (Lipinski definition) is 2. The van der Waals surface area contributed by atoms with Gasteiger partial charge in [0.15, 0.2) is 0 Å². The maximum Gasteiger partial charge on any atom is 0.236 e. The van der Waals surface area contributed by atoms with E-state index in [0.717, 1.165) is 11.3 Å². The van der Waals surface area contributed by atoms with Crippen LogP contribution in [0.25, 0.3) is 0 Å². The monoisotopic (exact) mass is 194 g/mol. The van der Waals surface area contributed by atoms with Crippen LogP contribution in [-0.4, -0.2) is 24.6 Å². The molecule has 1 rings (SSSR count). The van der Waals surface area contributed by atoms with Crippen LogP contribution in [0.2, 0.25) is 0 Å². The minimum Gasteiger partial charge on any atom is -0.392 e. The third kappa shape index (κ3) is 2.47. The number of carbonyl (C=O) groups excluding carboxylic acids is 1. The average Bonchev–Trinajstić information content (AvgIpc) is 2.16. The van der Waals surface area contributed by atoms with Crippen molar-refractivity contribution in [3.05, 3.63) is 29.8 Å². The van der Waals surface area contributed by atoms with Gasteiger partial charge in [-0.05, 0) is 6.07 Å². The minimum absolute atomic E-state index is 0.0424. The second-order valence-electron chi connectivity index (χ2n) is 3.11. The lowest BCUT2D eigenvalue weighted by Crippen LogP contribution is -2.31. The predicted octanol–water partition coefficient (Wildman–Crippen LogP) is 0.100. The maximum absolute atomic E-state index is 10.7. The summed E-state index contributed by atoms with van der Waals surface area (Å²) in [5, 5.41) is 9.06. The van der Waals surface area contributed by atoms with Crippen molar-refractivity contribution in [2.75, 3.05) is 18.5 Å². The Bertz CT molecular complexity index is 326. The first-order valence-electron chi connectivity index (χ1n) is 4.33. The topological polar surface area (TPSA) is 66.6 Å². The van der Waals surface area contributed by atoms with E-state index in [1.807, 2.05) is 24.3 Å². The molecule has 0 aromatic heterocycles. The molecular formula is C10H14N2O2. The number of nitrogens with zero attached hydrogens (tertiary/aromatic N) is 1. The molecule has 0 unspecified atom stereocenters. The molecule has 0 saturated heterocycles. The van der Waals surface area contributed by atoms with Crippen molar-refractivity contribution in [1.29, 1.82) is 0 Å². The number of amides is 1. The van der Waals surface area contributed by atoms with Gasteiger partial charge in [0.1, 0.15) is 0 Å². The minimum atomic E-state index is -0.389. The number of carbonyl (C=O) groups is 1. The molecule has 0 atom stereocenters. The Morgan fingerprint density at radius 1 is 1.50 bits per heavy atom. The Labute approximate surface area is 82.9 Å². The van der Waals surface area contributed by atoms with Crippen LogP contribution in [0.1, 0.15) is 5.56 Å². The molecule has 0 aliphatic heterocycles. The number of likely N-dealkylation sites (N-methyl/N-ethyl adjacent to an activating group) is 1. The van der Waals surface area contributed by atoms with Crippen LogP contribution >= 0.6 is 0 Å². The summed E-state index contributed by atoms with van der Waals surface area (Å²) in [7, 11) is 1.76. The van der Waals surface area contributed by atoms with E-state index in [1.165, 1.54) is 0 Å². The molecule has 14 heavy (non-hydrogen) atoms. The number of para-hydroxylation sites is 1. The van der Waals surface area contributed by atoms with Crippen molar-refractivity contribution >= 4 is 11.6 Å². The summed E-state index contributed by atoms with van der Waals surface area (Å²) in [4.78, 5) is 12.4. The lowest BCUT2D eigenvalue weighted by molar-refractivity contribution is -0.116. The molecule has 1 aromatic carbocycles. The second kappa shape index (κ2) is 4.62. The molecule has 0 heterocycles. The van der Waals surface area contributed by atoms with Gasteiger partial charge < -0.3 is 15.7 Å². The first-order valence-corrected chi connectivity index (χ1v) is 4.33. The molecule has 1 aromatic rings. The van der Waals surface area contributed by atoms with E-state index in [2.05, 4.69) is 0 Å². The molecule has 0 bridgehead atoms. The molecule has 4 heteroatoms. The van der Waals surface area contributed by atoms with Crippen LogP contribution in [0.4, 0.5) is 5.69 Å². The molecule has 4 nitrogen and oxygen atoms in total. The van der Waals surface area contributed by atoms with Gasteiger partial charge in [-0.3, -0.25) is 4.79 Å². The van der Waals surface area contributed by atoms with E-state index in [-0.39, 0.29) is 19.1 Å². The van der Waals surface area contributed by atoms with E-state index < -0.39 is 0 Å². The van der Waals surface area contributed by atoms with Gasteiger partial charge in [-0.1, -0.05) is 18.2 Å². The van der Waals surface area contributed by atoms with Crippen molar-refractivity contribution < 1.29 is 9.90 Å². The largest absolute Gasteiger partial charge is 0.392 e. The fourth-order valence-electron chi connectivity index (χ4n) is 1.34. The smallest absolute Gasteiger partial charge is 0.236 e. The molecule has 0 saturated carbocycles. The Hall–Kier alpha value is -1.55. The summed E-state index contributed by atoms with van der Waals surface area (Å²) in [6, 6.07) is 7.35. The van der Waals surface area contributed by atoms with E-state index in [1.54, 1.807) is 11.9 Å².